The van der Waals surface area contributed by atoms with Crippen LogP contribution in [0.4, 0.5) is 0 Å². The van der Waals surface area contributed by atoms with E-state index >= 15 is 0 Å². The Hall–Kier alpha value is -1.73. The minimum atomic E-state index is -1.72. The second-order valence-corrected chi connectivity index (χ2v) is 2.99. The van der Waals surface area contributed by atoms with Gasteiger partial charge in [-0.2, -0.15) is 5.10 Å². The Morgan fingerprint density at radius 1 is 1.56 bits per heavy atom. The fraction of sp³-hybridized carbons (Fsp3) is 0.444. The van der Waals surface area contributed by atoms with Gasteiger partial charge < -0.3 is 14.9 Å². The van der Waals surface area contributed by atoms with Crippen LogP contribution < -0.4 is 5.56 Å². The van der Waals surface area contributed by atoms with Crippen LogP contribution >= 0.6 is 0 Å². The summed E-state index contributed by atoms with van der Waals surface area (Å²) in [5.74, 6) is -0.942. The van der Waals surface area contributed by atoms with Crippen LogP contribution in [0.3, 0.4) is 0 Å². The number of H-pyrrole nitrogens is 1. The Balaban J connectivity index is 2.77. The third-order valence-electron chi connectivity index (χ3n) is 1.83. The summed E-state index contributed by atoms with van der Waals surface area (Å²) in [7, 11) is 0. The van der Waals surface area contributed by atoms with Crippen molar-refractivity contribution in [3.8, 4) is 0 Å². The summed E-state index contributed by atoms with van der Waals surface area (Å²) in [5, 5.41) is 24.5. The zero-order valence-electron chi connectivity index (χ0n) is 8.58. The van der Waals surface area contributed by atoms with Crippen molar-refractivity contribution in [1.82, 2.24) is 10.2 Å². The summed E-state index contributed by atoms with van der Waals surface area (Å²) < 4.78 is 4.52. The van der Waals surface area contributed by atoms with E-state index in [2.05, 4.69) is 14.9 Å². The number of ether oxygens (including phenoxy) is 1. The molecule has 0 aliphatic rings. The van der Waals surface area contributed by atoms with Crippen molar-refractivity contribution >= 4 is 5.97 Å². The van der Waals surface area contributed by atoms with Crippen molar-refractivity contribution in [1.29, 1.82) is 0 Å². The lowest BCUT2D eigenvalue weighted by Crippen LogP contribution is -2.31. The van der Waals surface area contributed by atoms with Gasteiger partial charge in [0, 0.05) is 6.07 Å². The summed E-state index contributed by atoms with van der Waals surface area (Å²) >= 11 is 0. The smallest absolute Gasteiger partial charge is 0.338 e. The van der Waals surface area contributed by atoms with E-state index in [0.717, 1.165) is 6.07 Å². The van der Waals surface area contributed by atoms with E-state index in [1.165, 1.54) is 6.07 Å². The van der Waals surface area contributed by atoms with Crippen molar-refractivity contribution in [2.75, 3.05) is 6.61 Å². The number of aromatic amines is 1. The fourth-order valence-electron chi connectivity index (χ4n) is 1.04. The normalized spacial score (nSPS) is 14.2. The maximum atomic E-state index is 11.1. The minimum absolute atomic E-state index is 0.0137. The van der Waals surface area contributed by atoms with Crippen molar-refractivity contribution in [3.05, 3.63) is 28.2 Å². The number of hydrogen-bond acceptors (Lipinski definition) is 6. The van der Waals surface area contributed by atoms with Crippen LogP contribution in [0.15, 0.2) is 16.9 Å². The van der Waals surface area contributed by atoms with Gasteiger partial charge in [-0.05, 0) is 13.0 Å². The largest absolute Gasteiger partial charge is 0.464 e. The summed E-state index contributed by atoms with van der Waals surface area (Å²) in [4.78, 5) is 21.8. The van der Waals surface area contributed by atoms with Crippen molar-refractivity contribution in [2.45, 2.75) is 19.1 Å². The first-order chi connectivity index (χ1) is 7.56. The predicted molar refractivity (Wildman–Crippen MR) is 52.5 cm³/mol. The number of aliphatic hydroxyl groups is 2. The van der Waals surface area contributed by atoms with Gasteiger partial charge in [-0.25, -0.2) is 9.89 Å². The lowest BCUT2D eigenvalue weighted by molar-refractivity contribution is -0.159. The summed E-state index contributed by atoms with van der Waals surface area (Å²) in [6.45, 7) is 1.68. The Labute approximate surface area is 90.7 Å². The maximum Gasteiger partial charge on any atom is 0.338 e. The van der Waals surface area contributed by atoms with Gasteiger partial charge in [0.15, 0.2) is 6.10 Å². The highest BCUT2D eigenvalue weighted by atomic mass is 16.5. The SMILES string of the molecule is CCOC(=O)C(O)C(O)c1ccc(=O)[nH]n1. The van der Waals surface area contributed by atoms with Crippen LogP contribution in [0.2, 0.25) is 0 Å². The van der Waals surface area contributed by atoms with E-state index in [1.807, 2.05) is 0 Å². The highest BCUT2D eigenvalue weighted by molar-refractivity contribution is 5.75. The summed E-state index contributed by atoms with van der Waals surface area (Å²) in [6, 6.07) is 2.34. The van der Waals surface area contributed by atoms with E-state index in [-0.39, 0.29) is 12.3 Å². The number of carbonyl (C=O) groups excluding carboxylic acids is 1. The molecule has 7 nitrogen and oxygen atoms in total. The quantitative estimate of drug-likeness (QED) is 0.554. The summed E-state index contributed by atoms with van der Waals surface area (Å²) in [5.41, 5.74) is -0.457. The van der Waals surface area contributed by atoms with Gasteiger partial charge in [-0.15, -0.1) is 0 Å². The number of hydrogen-bond donors (Lipinski definition) is 3. The molecule has 0 radical (unpaired) electrons. The van der Waals surface area contributed by atoms with Gasteiger partial charge in [0.25, 0.3) is 5.56 Å². The van der Waals surface area contributed by atoms with E-state index in [4.69, 9.17) is 0 Å². The zero-order valence-corrected chi connectivity index (χ0v) is 8.58. The van der Waals surface area contributed by atoms with Gasteiger partial charge >= 0.3 is 5.97 Å². The van der Waals surface area contributed by atoms with Crippen LogP contribution in [0.25, 0.3) is 0 Å². The zero-order chi connectivity index (χ0) is 12.1. The number of aromatic nitrogens is 2. The molecule has 0 saturated heterocycles. The third kappa shape index (κ3) is 2.88. The van der Waals surface area contributed by atoms with Gasteiger partial charge in [0.2, 0.25) is 0 Å². The molecule has 1 aromatic heterocycles. The average molecular weight is 228 g/mol. The second kappa shape index (κ2) is 5.38. The topological polar surface area (TPSA) is 113 Å². The molecule has 0 spiro atoms. The van der Waals surface area contributed by atoms with Crippen LogP contribution in [-0.2, 0) is 9.53 Å². The molecule has 1 aromatic rings. The highest BCUT2D eigenvalue weighted by Crippen LogP contribution is 2.13. The Morgan fingerprint density at radius 3 is 2.75 bits per heavy atom. The van der Waals surface area contributed by atoms with Gasteiger partial charge in [0.05, 0.1) is 12.3 Å². The van der Waals surface area contributed by atoms with Crippen LogP contribution in [0.5, 0.6) is 0 Å². The Morgan fingerprint density at radius 2 is 2.25 bits per heavy atom. The predicted octanol–water partition coefficient (Wildman–Crippen LogP) is -1.27. The van der Waals surface area contributed by atoms with E-state index in [0.29, 0.717) is 0 Å². The van der Waals surface area contributed by atoms with Gasteiger partial charge in [-0.1, -0.05) is 0 Å². The minimum Gasteiger partial charge on any atom is -0.464 e. The third-order valence-corrected chi connectivity index (χ3v) is 1.83. The molecule has 1 rings (SSSR count). The van der Waals surface area contributed by atoms with Gasteiger partial charge in [-0.3, -0.25) is 4.79 Å². The average Bonchev–Trinajstić information content (AvgIpc) is 2.28. The van der Waals surface area contributed by atoms with Gasteiger partial charge in [0.1, 0.15) is 6.10 Å². The first kappa shape index (κ1) is 12.3. The molecule has 3 N–H and O–H groups in total. The molecule has 0 fully saturated rings. The molecule has 88 valence electrons. The fourth-order valence-corrected chi connectivity index (χ4v) is 1.04. The molecular weight excluding hydrogens is 216 g/mol. The molecule has 0 amide bonds. The first-order valence-electron chi connectivity index (χ1n) is 4.64. The van der Waals surface area contributed by atoms with Crippen molar-refractivity contribution < 1.29 is 19.7 Å². The van der Waals surface area contributed by atoms with E-state index in [1.54, 1.807) is 6.92 Å². The molecule has 16 heavy (non-hydrogen) atoms. The number of rotatable bonds is 4. The molecule has 0 bridgehead atoms. The highest BCUT2D eigenvalue weighted by Gasteiger charge is 2.27. The van der Waals surface area contributed by atoms with E-state index < -0.39 is 23.7 Å². The number of nitrogens with one attached hydrogen (secondary N) is 1. The maximum absolute atomic E-state index is 11.1. The molecule has 0 aromatic carbocycles. The number of aliphatic hydroxyl groups excluding tert-OH is 2. The molecular formula is C9H12N2O5. The lowest BCUT2D eigenvalue weighted by atomic mass is 10.1. The summed E-state index contributed by atoms with van der Waals surface area (Å²) in [6.07, 6.45) is -3.26. The van der Waals surface area contributed by atoms with Crippen molar-refractivity contribution in [2.24, 2.45) is 0 Å². The number of esters is 1. The number of carbonyl (C=O) groups is 1. The molecule has 0 aliphatic carbocycles. The van der Waals surface area contributed by atoms with Crippen LogP contribution in [-0.4, -0.2) is 39.1 Å². The second-order valence-electron chi connectivity index (χ2n) is 2.99. The first-order valence-corrected chi connectivity index (χ1v) is 4.64. The monoisotopic (exact) mass is 228 g/mol. The molecule has 7 heteroatoms. The Bertz CT molecular complexity index is 396. The molecule has 2 unspecified atom stereocenters. The van der Waals surface area contributed by atoms with Crippen LogP contribution in [0, 0.1) is 0 Å². The lowest BCUT2D eigenvalue weighted by Gasteiger charge is -2.15. The number of nitrogens with zero attached hydrogens (tertiary/aromatic N) is 1. The molecule has 2 atom stereocenters. The standard InChI is InChI=1S/C9H12N2O5/c1-2-16-9(15)8(14)7(13)5-3-4-6(12)11-10-5/h3-4,7-8,13-14H,2H2,1H3,(H,11,12). The molecule has 1 heterocycles. The van der Waals surface area contributed by atoms with E-state index in [9.17, 15) is 19.8 Å². The molecule has 0 aliphatic heterocycles. The Kier molecular flexibility index (Phi) is 4.15. The van der Waals surface area contributed by atoms with Crippen LogP contribution in [0.1, 0.15) is 18.7 Å². The molecule has 0 saturated carbocycles. The van der Waals surface area contributed by atoms with Crippen molar-refractivity contribution in [3.63, 3.8) is 0 Å².